The Labute approximate surface area is 100.0 Å². The van der Waals surface area contributed by atoms with Crippen molar-refractivity contribution in [1.82, 2.24) is 0 Å². The molecule has 2 N–H and O–H groups in total. The van der Waals surface area contributed by atoms with E-state index in [-0.39, 0.29) is 17.9 Å². The van der Waals surface area contributed by atoms with Gasteiger partial charge in [0.25, 0.3) is 0 Å². The van der Waals surface area contributed by atoms with Gasteiger partial charge in [-0.05, 0) is 24.1 Å². The Hall–Kier alpha value is -2.10. The molecule has 4 heteroatoms. The number of benzene rings is 1. The molecule has 0 spiro atoms. The van der Waals surface area contributed by atoms with E-state index in [0.717, 1.165) is 6.42 Å². The lowest BCUT2D eigenvalue weighted by atomic mass is 10.1. The fraction of sp³-hybridized carbons (Fsp3) is 0.231. The second-order valence-corrected chi connectivity index (χ2v) is 3.68. The summed E-state index contributed by atoms with van der Waals surface area (Å²) in [4.78, 5) is 21.9. The zero-order valence-electron chi connectivity index (χ0n) is 9.69. The van der Waals surface area contributed by atoms with Crippen LogP contribution in [-0.4, -0.2) is 17.0 Å². The Balaban J connectivity index is 2.56. The van der Waals surface area contributed by atoms with Crippen LogP contribution in [0.2, 0.25) is 0 Å². The highest BCUT2D eigenvalue weighted by molar-refractivity contribution is 5.99. The van der Waals surface area contributed by atoms with Gasteiger partial charge in [0.15, 0.2) is 0 Å². The zero-order valence-corrected chi connectivity index (χ0v) is 9.69. The highest BCUT2D eigenvalue weighted by Crippen LogP contribution is 2.11. The van der Waals surface area contributed by atoms with E-state index in [2.05, 4.69) is 11.9 Å². The number of rotatable bonds is 5. The fourth-order valence-electron chi connectivity index (χ4n) is 1.30. The van der Waals surface area contributed by atoms with Crippen molar-refractivity contribution < 1.29 is 14.7 Å². The van der Waals surface area contributed by atoms with Gasteiger partial charge in [0.05, 0.1) is 6.42 Å². The first-order valence-corrected chi connectivity index (χ1v) is 5.32. The highest BCUT2D eigenvalue weighted by Gasteiger charge is 2.10. The van der Waals surface area contributed by atoms with Gasteiger partial charge >= 0.3 is 5.97 Å². The summed E-state index contributed by atoms with van der Waals surface area (Å²) in [5.74, 6) is -1.52. The molecule has 17 heavy (non-hydrogen) atoms. The molecule has 0 aliphatic rings. The lowest BCUT2D eigenvalue weighted by Crippen LogP contribution is -2.14. The number of carbonyl (C=O) groups excluding carboxylic acids is 1. The third-order valence-corrected chi connectivity index (χ3v) is 2.32. The molecule has 1 amide bonds. The lowest BCUT2D eigenvalue weighted by molar-refractivity contribution is -0.133. The minimum atomic E-state index is -1.15. The summed E-state index contributed by atoms with van der Waals surface area (Å²) < 4.78 is 0. The average molecular weight is 233 g/mol. The summed E-state index contributed by atoms with van der Waals surface area (Å²) >= 11 is 0. The number of amides is 1. The second-order valence-electron chi connectivity index (χ2n) is 3.68. The fourth-order valence-corrected chi connectivity index (χ4v) is 1.30. The van der Waals surface area contributed by atoms with Crippen LogP contribution in [0.25, 0.3) is 0 Å². The van der Waals surface area contributed by atoms with Gasteiger partial charge in [0.1, 0.15) is 0 Å². The standard InChI is InChI=1S/C13H15NO3/c1-3-10-4-6-11(7-5-10)14-12(15)8-9(2)13(16)17/h4-7H,2-3,8H2,1H3,(H,14,15)(H,16,17). The number of aryl methyl sites for hydroxylation is 1. The van der Waals surface area contributed by atoms with E-state index in [1.54, 1.807) is 12.1 Å². The Morgan fingerprint density at radius 3 is 2.35 bits per heavy atom. The topological polar surface area (TPSA) is 66.4 Å². The highest BCUT2D eigenvalue weighted by atomic mass is 16.4. The van der Waals surface area contributed by atoms with Gasteiger partial charge in [0, 0.05) is 11.3 Å². The van der Waals surface area contributed by atoms with Crippen LogP contribution in [0.1, 0.15) is 18.9 Å². The number of anilines is 1. The molecule has 1 aromatic carbocycles. The molecule has 0 aliphatic carbocycles. The summed E-state index contributed by atoms with van der Waals surface area (Å²) in [6.07, 6.45) is 0.731. The van der Waals surface area contributed by atoms with E-state index in [1.165, 1.54) is 5.56 Å². The number of carboxylic acids is 1. The molecule has 0 radical (unpaired) electrons. The lowest BCUT2D eigenvalue weighted by Gasteiger charge is -2.05. The number of carbonyl (C=O) groups is 2. The Morgan fingerprint density at radius 1 is 1.29 bits per heavy atom. The van der Waals surface area contributed by atoms with Crippen LogP contribution in [0, 0.1) is 0 Å². The molecule has 0 aliphatic heterocycles. The zero-order chi connectivity index (χ0) is 12.8. The van der Waals surface area contributed by atoms with Crippen LogP contribution < -0.4 is 5.32 Å². The average Bonchev–Trinajstić information content (AvgIpc) is 2.29. The van der Waals surface area contributed by atoms with Crippen LogP contribution in [-0.2, 0) is 16.0 Å². The van der Waals surface area contributed by atoms with Crippen LogP contribution >= 0.6 is 0 Å². The molecule has 0 saturated heterocycles. The minimum Gasteiger partial charge on any atom is -0.478 e. The van der Waals surface area contributed by atoms with Crippen molar-refractivity contribution in [3.63, 3.8) is 0 Å². The second kappa shape index (κ2) is 5.84. The van der Waals surface area contributed by atoms with Crippen LogP contribution in [0.15, 0.2) is 36.4 Å². The summed E-state index contributed by atoms with van der Waals surface area (Å²) in [6, 6.07) is 7.42. The Morgan fingerprint density at radius 2 is 1.88 bits per heavy atom. The van der Waals surface area contributed by atoms with E-state index in [0.29, 0.717) is 5.69 Å². The molecule has 4 nitrogen and oxygen atoms in total. The maximum atomic E-state index is 11.4. The summed E-state index contributed by atoms with van der Waals surface area (Å²) in [5, 5.41) is 11.2. The molecular formula is C13H15NO3. The minimum absolute atomic E-state index is 0.118. The van der Waals surface area contributed by atoms with Crippen LogP contribution in [0.4, 0.5) is 5.69 Å². The number of nitrogens with one attached hydrogen (secondary N) is 1. The van der Waals surface area contributed by atoms with Gasteiger partial charge in [-0.2, -0.15) is 0 Å². The van der Waals surface area contributed by atoms with E-state index in [1.807, 2.05) is 19.1 Å². The Bertz CT molecular complexity index is 434. The molecule has 1 aromatic rings. The van der Waals surface area contributed by atoms with Gasteiger partial charge in [-0.3, -0.25) is 4.79 Å². The normalized spacial score (nSPS) is 9.71. The molecule has 0 atom stereocenters. The first-order chi connectivity index (χ1) is 8.02. The van der Waals surface area contributed by atoms with Crippen molar-refractivity contribution in [2.75, 3.05) is 5.32 Å². The van der Waals surface area contributed by atoms with Crippen molar-refractivity contribution in [3.8, 4) is 0 Å². The molecule has 0 fully saturated rings. The van der Waals surface area contributed by atoms with Crippen LogP contribution in [0.5, 0.6) is 0 Å². The largest absolute Gasteiger partial charge is 0.478 e. The SMILES string of the molecule is C=C(CC(=O)Nc1ccc(CC)cc1)C(=O)O. The molecular weight excluding hydrogens is 218 g/mol. The van der Waals surface area contributed by atoms with Gasteiger partial charge in [-0.1, -0.05) is 25.6 Å². The smallest absolute Gasteiger partial charge is 0.331 e. The van der Waals surface area contributed by atoms with E-state index in [9.17, 15) is 9.59 Å². The van der Waals surface area contributed by atoms with Crippen molar-refractivity contribution in [1.29, 1.82) is 0 Å². The van der Waals surface area contributed by atoms with Gasteiger partial charge < -0.3 is 10.4 Å². The Kier molecular flexibility index (Phi) is 4.46. The predicted molar refractivity (Wildman–Crippen MR) is 65.8 cm³/mol. The third kappa shape index (κ3) is 4.10. The van der Waals surface area contributed by atoms with E-state index < -0.39 is 5.97 Å². The van der Waals surface area contributed by atoms with Crippen molar-refractivity contribution in [2.45, 2.75) is 19.8 Å². The summed E-state index contributed by atoms with van der Waals surface area (Å²) in [6.45, 7) is 5.35. The monoisotopic (exact) mass is 233 g/mol. The van der Waals surface area contributed by atoms with Crippen molar-refractivity contribution in [2.24, 2.45) is 0 Å². The first-order valence-electron chi connectivity index (χ1n) is 5.32. The predicted octanol–water partition coefficient (Wildman–Crippen LogP) is 2.22. The molecule has 0 bridgehead atoms. The molecule has 0 heterocycles. The number of hydrogen-bond donors (Lipinski definition) is 2. The quantitative estimate of drug-likeness (QED) is 0.766. The maximum Gasteiger partial charge on any atom is 0.331 e. The summed E-state index contributed by atoms with van der Waals surface area (Å²) in [7, 11) is 0. The van der Waals surface area contributed by atoms with Crippen molar-refractivity contribution >= 4 is 17.6 Å². The number of carboxylic acid groups (broad SMARTS) is 1. The van der Waals surface area contributed by atoms with Gasteiger partial charge in [-0.25, -0.2) is 4.79 Å². The summed E-state index contributed by atoms with van der Waals surface area (Å²) in [5.41, 5.74) is 1.72. The maximum absolute atomic E-state index is 11.4. The van der Waals surface area contributed by atoms with Gasteiger partial charge in [-0.15, -0.1) is 0 Å². The third-order valence-electron chi connectivity index (χ3n) is 2.32. The molecule has 1 rings (SSSR count). The number of hydrogen-bond acceptors (Lipinski definition) is 2. The number of aliphatic carboxylic acids is 1. The van der Waals surface area contributed by atoms with E-state index in [4.69, 9.17) is 5.11 Å². The van der Waals surface area contributed by atoms with Gasteiger partial charge in [0.2, 0.25) is 5.91 Å². The molecule has 90 valence electrons. The molecule has 0 saturated carbocycles. The van der Waals surface area contributed by atoms with Crippen molar-refractivity contribution in [3.05, 3.63) is 42.0 Å². The molecule has 0 unspecified atom stereocenters. The van der Waals surface area contributed by atoms with E-state index >= 15 is 0 Å². The molecule has 0 aromatic heterocycles. The first kappa shape index (κ1) is 13.0. The van der Waals surface area contributed by atoms with Crippen LogP contribution in [0.3, 0.4) is 0 Å².